The van der Waals surface area contributed by atoms with Crippen molar-refractivity contribution < 1.29 is 24.3 Å². The van der Waals surface area contributed by atoms with E-state index in [1.54, 1.807) is 0 Å². The van der Waals surface area contributed by atoms with Crippen molar-refractivity contribution in [1.29, 1.82) is 0 Å². The van der Waals surface area contributed by atoms with Crippen molar-refractivity contribution in [3.63, 3.8) is 0 Å². The summed E-state index contributed by atoms with van der Waals surface area (Å²) >= 11 is 0. The van der Waals surface area contributed by atoms with E-state index in [0.29, 0.717) is 6.42 Å². The second-order valence-electron chi connectivity index (χ2n) is 6.14. The van der Waals surface area contributed by atoms with Gasteiger partial charge in [-0.3, -0.25) is 14.5 Å². The minimum Gasteiger partial charge on any atom is -0.480 e. The highest BCUT2D eigenvalue weighted by atomic mass is 16.4. The molecule has 3 aliphatic rings. The molecule has 2 saturated heterocycles. The number of amides is 4. The van der Waals surface area contributed by atoms with Gasteiger partial charge in [0.05, 0.1) is 6.54 Å². The Bertz CT molecular complexity index is 519. The fourth-order valence-electron chi connectivity index (χ4n) is 3.87. The van der Waals surface area contributed by atoms with Gasteiger partial charge in [-0.2, -0.15) is 0 Å². The Labute approximate surface area is 127 Å². The molecule has 4 amide bonds. The lowest BCUT2D eigenvalue weighted by molar-refractivity contribution is -0.150. The maximum Gasteiger partial charge on any atom is 0.326 e. The lowest BCUT2D eigenvalue weighted by Gasteiger charge is -2.33. The molecule has 8 heteroatoms. The minimum atomic E-state index is -1.01. The summed E-state index contributed by atoms with van der Waals surface area (Å²) in [6, 6.07) is -1.52. The zero-order valence-corrected chi connectivity index (χ0v) is 12.2. The van der Waals surface area contributed by atoms with Crippen LogP contribution in [-0.4, -0.2) is 63.9 Å². The quantitative estimate of drug-likeness (QED) is 0.701. The molecule has 0 radical (unpaired) electrons. The van der Waals surface area contributed by atoms with Crippen molar-refractivity contribution in [2.45, 2.75) is 44.2 Å². The number of urea groups is 1. The highest BCUT2D eigenvalue weighted by Crippen LogP contribution is 2.39. The number of aliphatic carboxylic acids is 1. The maximum atomic E-state index is 12.6. The van der Waals surface area contributed by atoms with Gasteiger partial charge < -0.3 is 15.3 Å². The SMILES string of the molecule is O=C(O)[C@@H]1C[C@H]2CCCC[C@@H]2N1C(=O)CN1C(=O)CNC1=O. The molecule has 2 N–H and O–H groups in total. The van der Waals surface area contributed by atoms with E-state index in [1.165, 1.54) is 4.90 Å². The monoisotopic (exact) mass is 309 g/mol. The predicted octanol–water partition coefficient (Wildman–Crippen LogP) is -0.217. The van der Waals surface area contributed by atoms with Crippen LogP contribution >= 0.6 is 0 Å². The Kier molecular flexibility index (Phi) is 3.76. The van der Waals surface area contributed by atoms with Crippen LogP contribution in [0.25, 0.3) is 0 Å². The van der Waals surface area contributed by atoms with E-state index >= 15 is 0 Å². The molecular formula is C14H19N3O5. The number of likely N-dealkylation sites (tertiary alicyclic amines) is 1. The number of hydrogen-bond acceptors (Lipinski definition) is 4. The maximum absolute atomic E-state index is 12.6. The predicted molar refractivity (Wildman–Crippen MR) is 73.7 cm³/mol. The van der Waals surface area contributed by atoms with Crippen LogP contribution in [0.1, 0.15) is 32.1 Å². The first-order valence-electron chi connectivity index (χ1n) is 7.61. The second kappa shape index (κ2) is 5.58. The number of fused-ring (bicyclic) bond motifs is 1. The summed E-state index contributed by atoms with van der Waals surface area (Å²) in [6.07, 6.45) is 4.22. The molecule has 0 bridgehead atoms. The van der Waals surface area contributed by atoms with E-state index < -0.39 is 29.9 Å². The molecule has 0 aromatic heterocycles. The van der Waals surface area contributed by atoms with Gasteiger partial charge in [0.15, 0.2) is 0 Å². The first-order chi connectivity index (χ1) is 10.5. The first kappa shape index (κ1) is 14.8. The normalized spacial score (nSPS) is 31.2. The van der Waals surface area contributed by atoms with Crippen LogP contribution in [0.4, 0.5) is 4.79 Å². The molecule has 0 aromatic carbocycles. The molecule has 1 aliphatic carbocycles. The fraction of sp³-hybridized carbons (Fsp3) is 0.714. The lowest BCUT2D eigenvalue weighted by atomic mass is 9.85. The van der Waals surface area contributed by atoms with Crippen molar-refractivity contribution in [3.8, 4) is 0 Å². The van der Waals surface area contributed by atoms with Gasteiger partial charge in [-0.15, -0.1) is 0 Å². The van der Waals surface area contributed by atoms with Crippen LogP contribution in [0, 0.1) is 5.92 Å². The summed E-state index contributed by atoms with van der Waals surface area (Å²) in [5.41, 5.74) is 0. The van der Waals surface area contributed by atoms with E-state index in [0.717, 1.165) is 30.6 Å². The molecule has 0 aromatic rings. The number of carbonyl (C=O) groups is 4. The molecule has 1 saturated carbocycles. The molecule has 0 spiro atoms. The zero-order chi connectivity index (χ0) is 15.9. The van der Waals surface area contributed by atoms with Crippen molar-refractivity contribution in [2.75, 3.05) is 13.1 Å². The number of carbonyl (C=O) groups excluding carboxylic acids is 3. The second-order valence-corrected chi connectivity index (χ2v) is 6.14. The molecule has 0 unspecified atom stereocenters. The Morgan fingerprint density at radius 2 is 1.95 bits per heavy atom. The van der Waals surface area contributed by atoms with Gasteiger partial charge in [0.2, 0.25) is 5.91 Å². The van der Waals surface area contributed by atoms with Crippen LogP contribution in [0.15, 0.2) is 0 Å². The topological polar surface area (TPSA) is 107 Å². The molecule has 2 aliphatic heterocycles. The standard InChI is InChI=1S/C14H19N3O5/c18-11-6-15-14(22)16(11)7-12(19)17-9-4-2-1-3-8(9)5-10(17)13(20)21/h8-10H,1-7H2,(H,15,22)(H,20,21)/t8-,9+,10+/m1/s1. The summed E-state index contributed by atoms with van der Waals surface area (Å²) in [5, 5.41) is 11.7. The Balaban J connectivity index is 1.77. The van der Waals surface area contributed by atoms with Crippen LogP contribution < -0.4 is 5.32 Å². The Hall–Kier alpha value is -2.12. The van der Waals surface area contributed by atoms with Crippen molar-refractivity contribution in [1.82, 2.24) is 15.1 Å². The third-order valence-electron chi connectivity index (χ3n) is 4.89. The number of nitrogens with one attached hydrogen (secondary N) is 1. The van der Waals surface area contributed by atoms with E-state index in [4.69, 9.17) is 0 Å². The molecule has 120 valence electrons. The summed E-state index contributed by atoms with van der Waals surface area (Å²) in [6.45, 7) is -0.488. The van der Waals surface area contributed by atoms with Crippen LogP contribution in [0.5, 0.6) is 0 Å². The Morgan fingerprint density at radius 1 is 1.23 bits per heavy atom. The summed E-state index contributed by atoms with van der Waals surface area (Å²) in [7, 11) is 0. The van der Waals surface area contributed by atoms with Crippen molar-refractivity contribution in [3.05, 3.63) is 0 Å². The average Bonchev–Trinajstić information content (AvgIpc) is 3.02. The van der Waals surface area contributed by atoms with Crippen molar-refractivity contribution in [2.24, 2.45) is 5.92 Å². The van der Waals surface area contributed by atoms with Gasteiger partial charge in [0, 0.05) is 6.04 Å². The van der Waals surface area contributed by atoms with E-state index in [9.17, 15) is 24.3 Å². The number of imide groups is 1. The molecule has 3 rings (SSSR count). The van der Waals surface area contributed by atoms with Gasteiger partial charge in [-0.25, -0.2) is 9.59 Å². The largest absolute Gasteiger partial charge is 0.480 e. The highest BCUT2D eigenvalue weighted by Gasteiger charge is 2.48. The van der Waals surface area contributed by atoms with Crippen LogP contribution in [0.3, 0.4) is 0 Å². The van der Waals surface area contributed by atoms with Gasteiger partial charge in [-0.05, 0) is 25.2 Å². The average molecular weight is 309 g/mol. The van der Waals surface area contributed by atoms with Gasteiger partial charge >= 0.3 is 12.0 Å². The molecule has 22 heavy (non-hydrogen) atoms. The molecule has 3 atom stereocenters. The zero-order valence-electron chi connectivity index (χ0n) is 12.2. The summed E-state index contributed by atoms with van der Waals surface area (Å²) < 4.78 is 0. The first-order valence-corrected chi connectivity index (χ1v) is 7.61. The van der Waals surface area contributed by atoms with Crippen molar-refractivity contribution >= 4 is 23.8 Å². The fourth-order valence-corrected chi connectivity index (χ4v) is 3.87. The smallest absolute Gasteiger partial charge is 0.326 e. The molecule has 2 heterocycles. The lowest BCUT2D eigenvalue weighted by Crippen LogP contribution is -2.51. The van der Waals surface area contributed by atoms with Gasteiger partial charge in [0.1, 0.15) is 12.6 Å². The number of hydrogen-bond donors (Lipinski definition) is 2. The van der Waals surface area contributed by atoms with Crippen LogP contribution in [0.2, 0.25) is 0 Å². The van der Waals surface area contributed by atoms with E-state index in [-0.39, 0.29) is 25.0 Å². The summed E-state index contributed by atoms with van der Waals surface area (Å²) in [5.74, 6) is -1.71. The van der Waals surface area contributed by atoms with E-state index in [1.807, 2.05) is 0 Å². The number of rotatable bonds is 3. The molecule has 3 fully saturated rings. The number of nitrogens with zero attached hydrogens (tertiary/aromatic N) is 2. The van der Waals surface area contributed by atoms with Gasteiger partial charge in [0.25, 0.3) is 5.91 Å². The number of carboxylic acid groups (broad SMARTS) is 1. The molecule has 8 nitrogen and oxygen atoms in total. The third kappa shape index (κ3) is 2.42. The summed E-state index contributed by atoms with van der Waals surface area (Å²) in [4.78, 5) is 49.4. The molecular weight excluding hydrogens is 290 g/mol. The third-order valence-corrected chi connectivity index (χ3v) is 4.89. The highest BCUT2D eigenvalue weighted by molar-refractivity contribution is 6.04. The van der Waals surface area contributed by atoms with Gasteiger partial charge in [-0.1, -0.05) is 12.8 Å². The Morgan fingerprint density at radius 3 is 2.59 bits per heavy atom. The van der Waals surface area contributed by atoms with Crippen LogP contribution in [-0.2, 0) is 14.4 Å². The minimum absolute atomic E-state index is 0.0804. The number of carboxylic acids is 1. The van der Waals surface area contributed by atoms with E-state index in [2.05, 4.69) is 5.32 Å².